The van der Waals surface area contributed by atoms with Crippen LogP contribution in [0.25, 0.3) is 0 Å². The second kappa shape index (κ2) is 15.3. The van der Waals surface area contributed by atoms with E-state index in [0.717, 1.165) is 5.56 Å². The topological polar surface area (TPSA) is 154 Å². The zero-order chi connectivity index (χ0) is 35.3. The first-order valence-electron chi connectivity index (χ1n) is 15.8. The molecule has 0 bridgehead atoms. The molecule has 2 amide bonds. The second-order valence-electron chi connectivity index (χ2n) is 12.3. The van der Waals surface area contributed by atoms with Crippen LogP contribution in [0.1, 0.15) is 40.1 Å². The number of aliphatic hydroxyl groups excluding tert-OH is 1. The molecule has 1 heterocycles. The maximum Gasteiger partial charge on any atom is 0.262 e. The fourth-order valence-corrected chi connectivity index (χ4v) is 6.80. The van der Waals surface area contributed by atoms with E-state index in [0.29, 0.717) is 41.6 Å². The average Bonchev–Trinajstić information content (AvgIpc) is 3.07. The van der Waals surface area contributed by atoms with Gasteiger partial charge in [-0.2, -0.15) is 0 Å². The number of rotatable bonds is 11. The van der Waals surface area contributed by atoms with Crippen molar-refractivity contribution in [2.45, 2.75) is 37.4 Å². The van der Waals surface area contributed by atoms with Crippen molar-refractivity contribution in [1.82, 2.24) is 9.80 Å². The van der Waals surface area contributed by atoms with Crippen LogP contribution in [0.15, 0.2) is 95.9 Å². The molecule has 1 aliphatic heterocycles. The number of benzene rings is 4. The number of halogens is 1. The molecule has 0 aromatic heterocycles. The first-order chi connectivity index (χ1) is 23.4. The summed E-state index contributed by atoms with van der Waals surface area (Å²) < 4.78 is 35.9. The summed E-state index contributed by atoms with van der Waals surface area (Å²) in [5, 5.41) is 13.2. The van der Waals surface area contributed by atoms with Gasteiger partial charge < -0.3 is 25.8 Å². The van der Waals surface area contributed by atoms with Crippen LogP contribution in [0.5, 0.6) is 5.75 Å². The Labute approximate surface area is 291 Å². The monoisotopic (exact) mass is 705 g/mol. The lowest BCUT2D eigenvalue weighted by Crippen LogP contribution is -2.49. The van der Waals surface area contributed by atoms with Gasteiger partial charge in [0.25, 0.3) is 21.8 Å². The number of fused-ring (bicyclic) bond motifs is 1. The number of aliphatic hydroxyl groups is 1. The van der Waals surface area contributed by atoms with Gasteiger partial charge in [0, 0.05) is 36.1 Å². The summed E-state index contributed by atoms with van der Waals surface area (Å²) in [6.45, 7) is 4.74. The highest BCUT2D eigenvalue weighted by atomic mass is 35.5. The average molecular weight is 706 g/mol. The Kier molecular flexibility index (Phi) is 11.1. The van der Waals surface area contributed by atoms with Crippen LogP contribution in [0.2, 0.25) is 5.02 Å². The minimum absolute atomic E-state index is 0.000416. The molecule has 0 fully saturated rings. The number of nitrogens with zero attached hydrogens (tertiary/aromatic N) is 2. The molecule has 0 saturated heterocycles. The molecular weight excluding hydrogens is 666 g/mol. The summed E-state index contributed by atoms with van der Waals surface area (Å²) in [5.74, 6) is -0.737. The van der Waals surface area contributed by atoms with Crippen molar-refractivity contribution < 1.29 is 27.9 Å². The highest BCUT2D eigenvalue weighted by Crippen LogP contribution is 2.36. The maximum absolute atomic E-state index is 13.8. The Morgan fingerprint density at radius 2 is 1.71 bits per heavy atom. The number of carbonyl (C=O) groups excluding carboxylic acids is 2. The van der Waals surface area contributed by atoms with Gasteiger partial charge in [-0.3, -0.25) is 19.2 Å². The SMILES string of the molecule is C[C@H]1CN([C@@H](C)CO)C(=O)c2cccc(NS(=O)(=O)c3ccc(Cl)cc3)c2O[C@@H]1CN(C)Cc1ccc(C(=O)Nc2ccccc2N)cc1. The third kappa shape index (κ3) is 8.52. The summed E-state index contributed by atoms with van der Waals surface area (Å²) in [4.78, 5) is 30.3. The number of ether oxygens (including phenoxy) is 1. The van der Waals surface area contributed by atoms with E-state index in [1.54, 1.807) is 66.4 Å². The molecule has 0 radical (unpaired) electrons. The van der Waals surface area contributed by atoms with Crippen LogP contribution in [0.3, 0.4) is 0 Å². The number of nitrogens with two attached hydrogens (primary N) is 1. The van der Waals surface area contributed by atoms with Gasteiger partial charge in [-0.15, -0.1) is 0 Å². The minimum atomic E-state index is -4.06. The zero-order valence-corrected chi connectivity index (χ0v) is 29.0. The molecule has 0 spiro atoms. The fourth-order valence-electron chi connectivity index (χ4n) is 5.61. The third-order valence-corrected chi connectivity index (χ3v) is 10.1. The van der Waals surface area contributed by atoms with E-state index in [1.807, 2.05) is 26.1 Å². The van der Waals surface area contributed by atoms with E-state index in [1.165, 1.54) is 24.3 Å². The molecular formula is C36H40ClN5O6S. The van der Waals surface area contributed by atoms with Crippen molar-refractivity contribution in [3.63, 3.8) is 0 Å². The molecule has 3 atom stereocenters. The van der Waals surface area contributed by atoms with Crippen molar-refractivity contribution in [2.24, 2.45) is 5.92 Å². The number of para-hydroxylation sites is 3. The lowest BCUT2D eigenvalue weighted by atomic mass is 9.99. The number of carbonyl (C=O) groups is 2. The molecule has 0 unspecified atom stereocenters. The number of nitrogen functional groups attached to an aromatic ring is 1. The highest BCUT2D eigenvalue weighted by molar-refractivity contribution is 7.92. The van der Waals surface area contributed by atoms with Crippen LogP contribution in [-0.4, -0.2) is 74.0 Å². The first-order valence-corrected chi connectivity index (χ1v) is 17.7. The van der Waals surface area contributed by atoms with Crippen LogP contribution in [0, 0.1) is 5.92 Å². The predicted octanol–water partition coefficient (Wildman–Crippen LogP) is 5.33. The number of anilines is 3. The molecule has 4 aromatic rings. The molecule has 5 N–H and O–H groups in total. The summed E-state index contributed by atoms with van der Waals surface area (Å²) in [5.41, 5.74) is 8.73. The standard InChI is InChI=1S/C36H40ClN5O6S/c1-23-19-42(24(2)22-43)36(45)29-7-6-10-32(40-49(46,47)28-17-15-27(37)16-18-28)34(29)48-33(23)21-41(3)20-25-11-13-26(14-12-25)35(44)39-31-9-5-4-8-30(31)38/h4-18,23-24,33,40,43H,19-22,38H2,1-3H3,(H,39,44)/t23-,24-,33+/m0/s1. The number of hydrogen-bond acceptors (Lipinski definition) is 8. The molecule has 1 aliphatic rings. The van der Waals surface area contributed by atoms with E-state index < -0.39 is 22.2 Å². The Morgan fingerprint density at radius 1 is 1.04 bits per heavy atom. The van der Waals surface area contributed by atoms with Crippen molar-refractivity contribution in [3.8, 4) is 5.75 Å². The molecule has 4 aromatic carbocycles. The molecule has 5 rings (SSSR count). The van der Waals surface area contributed by atoms with Gasteiger partial charge in [-0.25, -0.2) is 8.42 Å². The summed E-state index contributed by atoms with van der Waals surface area (Å²) in [6, 6.07) is 24.3. The smallest absolute Gasteiger partial charge is 0.262 e. The van der Waals surface area contributed by atoms with E-state index >= 15 is 0 Å². The van der Waals surface area contributed by atoms with Gasteiger partial charge in [-0.1, -0.05) is 48.9 Å². The van der Waals surface area contributed by atoms with Gasteiger partial charge in [0.1, 0.15) is 6.10 Å². The number of amides is 2. The van der Waals surface area contributed by atoms with Crippen molar-refractivity contribution in [2.75, 3.05) is 42.5 Å². The molecule has 258 valence electrons. The molecule has 0 saturated carbocycles. The van der Waals surface area contributed by atoms with E-state index in [2.05, 4.69) is 14.9 Å². The maximum atomic E-state index is 13.8. The van der Waals surface area contributed by atoms with E-state index in [9.17, 15) is 23.1 Å². The fraction of sp³-hybridized carbons (Fsp3) is 0.278. The summed E-state index contributed by atoms with van der Waals surface area (Å²) in [7, 11) is -2.13. The molecule has 49 heavy (non-hydrogen) atoms. The normalized spacial score (nSPS) is 17.0. The number of likely N-dealkylation sites (N-methyl/N-ethyl adjacent to an activating group) is 1. The third-order valence-electron chi connectivity index (χ3n) is 8.43. The quantitative estimate of drug-likeness (QED) is 0.153. The largest absolute Gasteiger partial charge is 0.486 e. The van der Waals surface area contributed by atoms with Crippen LogP contribution in [-0.2, 0) is 16.6 Å². The Morgan fingerprint density at radius 3 is 2.39 bits per heavy atom. The minimum Gasteiger partial charge on any atom is -0.486 e. The van der Waals surface area contributed by atoms with Crippen LogP contribution >= 0.6 is 11.6 Å². The van der Waals surface area contributed by atoms with Gasteiger partial charge in [0.05, 0.1) is 40.2 Å². The van der Waals surface area contributed by atoms with E-state index in [-0.39, 0.29) is 46.2 Å². The Balaban J connectivity index is 1.37. The predicted molar refractivity (Wildman–Crippen MR) is 191 cm³/mol. The second-order valence-corrected chi connectivity index (χ2v) is 14.4. The first kappa shape index (κ1) is 35.7. The molecule has 0 aliphatic carbocycles. The van der Waals surface area contributed by atoms with Crippen molar-refractivity contribution in [1.29, 1.82) is 0 Å². The van der Waals surface area contributed by atoms with Gasteiger partial charge in [-0.05, 0) is 80.2 Å². The number of sulfonamides is 1. The zero-order valence-electron chi connectivity index (χ0n) is 27.5. The van der Waals surface area contributed by atoms with Crippen LogP contribution < -0.4 is 20.5 Å². The lowest BCUT2D eigenvalue weighted by molar-refractivity contribution is 0.0344. The van der Waals surface area contributed by atoms with Gasteiger partial charge >= 0.3 is 0 Å². The van der Waals surface area contributed by atoms with Crippen molar-refractivity contribution in [3.05, 3.63) is 113 Å². The summed E-state index contributed by atoms with van der Waals surface area (Å²) in [6.07, 6.45) is -0.479. The van der Waals surface area contributed by atoms with Crippen molar-refractivity contribution >= 4 is 50.5 Å². The highest BCUT2D eigenvalue weighted by Gasteiger charge is 2.35. The molecule has 13 heteroatoms. The number of nitrogens with one attached hydrogen (secondary N) is 2. The lowest BCUT2D eigenvalue weighted by Gasteiger charge is -2.38. The Bertz CT molecular complexity index is 1910. The van der Waals surface area contributed by atoms with Crippen LogP contribution in [0.4, 0.5) is 17.1 Å². The number of hydrogen-bond donors (Lipinski definition) is 4. The van der Waals surface area contributed by atoms with E-state index in [4.69, 9.17) is 22.1 Å². The van der Waals surface area contributed by atoms with Gasteiger partial charge in [0.15, 0.2) is 5.75 Å². The Hall–Kier alpha value is -4.62. The van der Waals surface area contributed by atoms with Gasteiger partial charge in [0.2, 0.25) is 0 Å². The summed E-state index contributed by atoms with van der Waals surface area (Å²) >= 11 is 5.97. The molecule has 11 nitrogen and oxygen atoms in total.